The van der Waals surface area contributed by atoms with Gasteiger partial charge in [-0.05, 0) is 39.5 Å². The molecule has 0 amide bonds. The van der Waals surface area contributed by atoms with Gasteiger partial charge in [-0.15, -0.1) is 11.3 Å². The molecular weight excluding hydrogens is 347 g/mol. The second kappa shape index (κ2) is 6.71. The van der Waals surface area contributed by atoms with Gasteiger partial charge < -0.3 is 15.7 Å². The lowest BCUT2D eigenvalue weighted by Crippen LogP contribution is -2.14. The Morgan fingerprint density at radius 3 is 2.90 bits per heavy atom. The zero-order chi connectivity index (χ0) is 14.5. The highest BCUT2D eigenvalue weighted by atomic mass is 79.9. The molecule has 0 saturated carbocycles. The quantitative estimate of drug-likeness (QED) is 0.372. The van der Waals surface area contributed by atoms with Gasteiger partial charge in [0.2, 0.25) is 0 Å². The lowest BCUT2D eigenvalue weighted by molar-refractivity contribution is 0.305. The molecule has 0 bridgehead atoms. The van der Waals surface area contributed by atoms with Crippen LogP contribution in [-0.4, -0.2) is 17.6 Å². The average Bonchev–Trinajstić information content (AvgIpc) is 2.96. The van der Waals surface area contributed by atoms with Crippen molar-refractivity contribution in [3.05, 3.63) is 50.4 Å². The highest BCUT2D eigenvalue weighted by molar-refractivity contribution is 9.10. The summed E-state index contributed by atoms with van der Waals surface area (Å²) in [4.78, 5) is 1.18. The second-order valence-electron chi connectivity index (χ2n) is 3.90. The van der Waals surface area contributed by atoms with Crippen molar-refractivity contribution in [1.82, 2.24) is 0 Å². The zero-order valence-electron chi connectivity index (χ0n) is 10.3. The molecule has 3 N–H and O–H groups in total. The van der Waals surface area contributed by atoms with Crippen molar-refractivity contribution >= 4 is 33.1 Å². The summed E-state index contributed by atoms with van der Waals surface area (Å²) < 4.78 is 19.6. The summed E-state index contributed by atoms with van der Waals surface area (Å²) in [6, 6.07) is 6.95. The summed E-state index contributed by atoms with van der Waals surface area (Å²) in [6.07, 6.45) is 0.719. The van der Waals surface area contributed by atoms with E-state index in [2.05, 4.69) is 21.1 Å². The van der Waals surface area contributed by atoms with Crippen LogP contribution in [0.25, 0.3) is 0 Å². The van der Waals surface area contributed by atoms with Crippen LogP contribution in [0.15, 0.2) is 39.3 Å². The fourth-order valence-corrected chi connectivity index (χ4v) is 2.83. The Hall–Kier alpha value is -1.60. The van der Waals surface area contributed by atoms with Gasteiger partial charge in [0.15, 0.2) is 17.4 Å². The summed E-state index contributed by atoms with van der Waals surface area (Å²) in [5.41, 5.74) is 5.72. The molecule has 0 atom stereocenters. The molecule has 106 valence electrons. The van der Waals surface area contributed by atoms with Gasteiger partial charge in [-0.25, -0.2) is 4.39 Å². The number of oxime groups is 1. The van der Waals surface area contributed by atoms with Crippen molar-refractivity contribution in [2.45, 2.75) is 6.42 Å². The number of hydrogen-bond donors (Lipinski definition) is 2. The number of benzene rings is 1. The van der Waals surface area contributed by atoms with Crippen LogP contribution in [-0.2, 0) is 6.42 Å². The van der Waals surface area contributed by atoms with Gasteiger partial charge in [-0.2, -0.15) is 0 Å². The summed E-state index contributed by atoms with van der Waals surface area (Å²) in [7, 11) is 0. The summed E-state index contributed by atoms with van der Waals surface area (Å²) in [5, 5.41) is 13.4. The SMILES string of the molecule is N/C(=N/O)c1ccc(OCCc2cccs2)c(F)c1Br. The van der Waals surface area contributed by atoms with Crippen LogP contribution in [0, 0.1) is 5.82 Å². The van der Waals surface area contributed by atoms with E-state index in [9.17, 15) is 4.39 Å². The van der Waals surface area contributed by atoms with Crippen molar-refractivity contribution in [3.8, 4) is 5.75 Å². The molecule has 4 nitrogen and oxygen atoms in total. The Labute approximate surface area is 127 Å². The van der Waals surface area contributed by atoms with E-state index in [1.807, 2.05) is 17.5 Å². The zero-order valence-corrected chi connectivity index (χ0v) is 12.7. The third kappa shape index (κ3) is 3.29. The van der Waals surface area contributed by atoms with Gasteiger partial charge in [0.1, 0.15) is 0 Å². The molecule has 7 heteroatoms. The van der Waals surface area contributed by atoms with Crippen LogP contribution in [0.3, 0.4) is 0 Å². The van der Waals surface area contributed by atoms with E-state index in [1.165, 1.54) is 17.0 Å². The first kappa shape index (κ1) is 14.8. The Morgan fingerprint density at radius 1 is 1.45 bits per heavy atom. The predicted octanol–water partition coefficient (Wildman–Crippen LogP) is 3.37. The molecule has 0 aliphatic rings. The number of halogens is 2. The minimum absolute atomic E-state index is 0.112. The topological polar surface area (TPSA) is 67.8 Å². The molecule has 0 spiro atoms. The molecule has 2 aromatic rings. The molecule has 1 heterocycles. The predicted molar refractivity (Wildman–Crippen MR) is 80.1 cm³/mol. The van der Waals surface area contributed by atoms with E-state index >= 15 is 0 Å². The van der Waals surface area contributed by atoms with Gasteiger partial charge >= 0.3 is 0 Å². The molecule has 1 aromatic carbocycles. The largest absolute Gasteiger partial charge is 0.490 e. The summed E-state index contributed by atoms with van der Waals surface area (Å²) >= 11 is 4.71. The third-order valence-electron chi connectivity index (χ3n) is 2.62. The van der Waals surface area contributed by atoms with Gasteiger partial charge in [0.25, 0.3) is 0 Å². The van der Waals surface area contributed by atoms with Gasteiger partial charge in [0.05, 0.1) is 11.1 Å². The van der Waals surface area contributed by atoms with Crippen LogP contribution in [0.2, 0.25) is 0 Å². The fraction of sp³-hybridized carbons (Fsp3) is 0.154. The fourth-order valence-electron chi connectivity index (χ4n) is 1.61. The van der Waals surface area contributed by atoms with Crippen molar-refractivity contribution in [1.29, 1.82) is 0 Å². The van der Waals surface area contributed by atoms with Crippen molar-refractivity contribution in [2.24, 2.45) is 10.9 Å². The highest BCUT2D eigenvalue weighted by Crippen LogP contribution is 2.28. The number of nitrogens with zero attached hydrogens (tertiary/aromatic N) is 1. The van der Waals surface area contributed by atoms with Crippen molar-refractivity contribution < 1.29 is 14.3 Å². The van der Waals surface area contributed by atoms with Gasteiger partial charge in [-0.3, -0.25) is 0 Å². The Morgan fingerprint density at radius 2 is 2.25 bits per heavy atom. The standard InChI is InChI=1S/C13H12BrFN2O2S/c14-11-9(13(16)17-18)3-4-10(12(11)15)19-6-5-8-2-1-7-20-8/h1-4,7,18H,5-6H2,(H2,16,17). The Balaban J connectivity index is 2.07. The highest BCUT2D eigenvalue weighted by Gasteiger charge is 2.15. The third-order valence-corrected chi connectivity index (χ3v) is 4.33. The summed E-state index contributed by atoms with van der Waals surface area (Å²) in [6.45, 7) is 0.382. The minimum Gasteiger partial charge on any atom is -0.490 e. The normalized spacial score (nSPS) is 11.6. The van der Waals surface area contributed by atoms with E-state index in [-0.39, 0.29) is 21.6 Å². The monoisotopic (exact) mass is 358 g/mol. The molecule has 0 aliphatic carbocycles. The molecule has 2 rings (SSSR count). The molecule has 1 aromatic heterocycles. The Bertz CT molecular complexity index is 617. The number of ether oxygens (including phenoxy) is 1. The van der Waals surface area contributed by atoms with Crippen LogP contribution >= 0.6 is 27.3 Å². The van der Waals surface area contributed by atoms with Crippen LogP contribution < -0.4 is 10.5 Å². The molecule has 0 unspecified atom stereocenters. The first-order chi connectivity index (χ1) is 9.63. The number of thiophene rings is 1. The van der Waals surface area contributed by atoms with E-state index in [4.69, 9.17) is 15.7 Å². The number of nitrogens with two attached hydrogens (primary N) is 1. The molecule has 20 heavy (non-hydrogen) atoms. The van der Waals surface area contributed by atoms with Gasteiger partial charge in [0, 0.05) is 16.9 Å². The summed E-state index contributed by atoms with van der Waals surface area (Å²) in [5.74, 6) is -0.607. The van der Waals surface area contributed by atoms with E-state index in [0.29, 0.717) is 6.61 Å². The van der Waals surface area contributed by atoms with Crippen molar-refractivity contribution in [2.75, 3.05) is 6.61 Å². The van der Waals surface area contributed by atoms with Crippen LogP contribution in [0.5, 0.6) is 5.75 Å². The molecule has 0 saturated heterocycles. The first-order valence-corrected chi connectivity index (χ1v) is 7.42. The number of rotatable bonds is 5. The van der Waals surface area contributed by atoms with E-state index in [1.54, 1.807) is 11.3 Å². The Kier molecular flexibility index (Phi) is 4.97. The number of amidine groups is 1. The molecule has 0 fully saturated rings. The van der Waals surface area contributed by atoms with E-state index in [0.717, 1.165) is 6.42 Å². The van der Waals surface area contributed by atoms with E-state index < -0.39 is 5.82 Å². The second-order valence-corrected chi connectivity index (χ2v) is 5.73. The average molecular weight is 359 g/mol. The van der Waals surface area contributed by atoms with Crippen LogP contribution in [0.1, 0.15) is 10.4 Å². The maximum Gasteiger partial charge on any atom is 0.179 e. The molecule has 0 aliphatic heterocycles. The molecular formula is C13H12BrFN2O2S. The van der Waals surface area contributed by atoms with Crippen LogP contribution in [0.4, 0.5) is 4.39 Å². The first-order valence-electron chi connectivity index (χ1n) is 5.74. The lowest BCUT2D eigenvalue weighted by atomic mass is 10.2. The van der Waals surface area contributed by atoms with Gasteiger partial charge in [-0.1, -0.05) is 11.2 Å². The maximum atomic E-state index is 14.1. The van der Waals surface area contributed by atoms with Crippen molar-refractivity contribution in [3.63, 3.8) is 0 Å². The minimum atomic E-state index is -0.569. The lowest BCUT2D eigenvalue weighted by Gasteiger charge is -2.10. The molecule has 0 radical (unpaired) electrons. The number of hydrogen-bond acceptors (Lipinski definition) is 4. The smallest absolute Gasteiger partial charge is 0.179 e. The maximum absolute atomic E-state index is 14.1.